The van der Waals surface area contributed by atoms with Crippen LogP contribution in [0.5, 0.6) is 5.75 Å². The topological polar surface area (TPSA) is 87.2 Å². The van der Waals surface area contributed by atoms with Crippen LogP contribution in [0.1, 0.15) is 6.42 Å². The average molecular weight is 345 g/mol. The van der Waals surface area contributed by atoms with Crippen LogP contribution >= 0.6 is 0 Å². The highest BCUT2D eigenvalue weighted by Crippen LogP contribution is 2.30. The number of benzene rings is 2. The number of methoxy groups -OCH3 is 1. The number of nitrogens with zero attached hydrogens (tertiary/aromatic N) is 2. The summed E-state index contributed by atoms with van der Waals surface area (Å²) in [7, 11) is -2.17. The minimum absolute atomic E-state index is 0.0413. The fourth-order valence-electron chi connectivity index (χ4n) is 2.58. The molecule has 2 N–H and O–H groups in total. The summed E-state index contributed by atoms with van der Waals surface area (Å²) in [6.07, 6.45) is 0.716. The molecule has 2 aromatic carbocycles. The molecule has 0 spiro atoms. The number of fused-ring (bicyclic) bond motifs is 1. The van der Waals surface area contributed by atoms with Crippen molar-refractivity contribution in [1.29, 1.82) is 0 Å². The van der Waals surface area contributed by atoms with Crippen LogP contribution < -0.4 is 10.5 Å². The van der Waals surface area contributed by atoms with Gasteiger partial charge in [-0.2, -0.15) is 5.10 Å². The number of nitrogens with two attached hydrogens (primary N) is 1. The quantitative estimate of drug-likeness (QED) is 0.740. The molecule has 0 unspecified atom stereocenters. The number of aromatic nitrogens is 2. The Labute approximate surface area is 140 Å². The molecular formula is C17H19N3O3S. The Balaban J connectivity index is 2.23. The molecule has 0 fully saturated rings. The van der Waals surface area contributed by atoms with Crippen LogP contribution in [-0.2, 0) is 16.4 Å². The van der Waals surface area contributed by atoms with Gasteiger partial charge in [-0.25, -0.2) is 8.42 Å². The molecular weight excluding hydrogens is 326 g/mol. The molecule has 126 valence electrons. The minimum Gasteiger partial charge on any atom is -0.497 e. The molecule has 0 aliphatic carbocycles. The van der Waals surface area contributed by atoms with Crippen LogP contribution in [-0.4, -0.2) is 31.9 Å². The first kappa shape index (κ1) is 16.5. The highest BCUT2D eigenvalue weighted by atomic mass is 32.2. The van der Waals surface area contributed by atoms with E-state index >= 15 is 0 Å². The van der Waals surface area contributed by atoms with E-state index in [0.717, 1.165) is 5.52 Å². The fraction of sp³-hybridized carbons (Fsp3) is 0.235. The lowest BCUT2D eigenvalue weighted by atomic mass is 10.2. The maximum atomic E-state index is 13.0. The van der Waals surface area contributed by atoms with Crippen molar-refractivity contribution in [1.82, 2.24) is 9.78 Å². The van der Waals surface area contributed by atoms with E-state index in [1.54, 1.807) is 54.3 Å². The SMILES string of the molecule is COc1ccc2c(c1)c(S(=O)(=O)c1ccccc1)nn2CCCN. The van der Waals surface area contributed by atoms with Crippen molar-refractivity contribution < 1.29 is 13.2 Å². The normalized spacial score (nSPS) is 11.8. The molecule has 1 aromatic heterocycles. The Morgan fingerprint density at radius 3 is 2.58 bits per heavy atom. The van der Waals surface area contributed by atoms with E-state index in [1.165, 1.54) is 0 Å². The van der Waals surface area contributed by atoms with Crippen LogP contribution in [0, 0.1) is 0 Å². The third-order valence-electron chi connectivity index (χ3n) is 3.81. The standard InChI is InChI=1S/C17H19N3O3S/c1-23-13-8-9-16-15(12-13)17(19-20(16)11-5-10-18)24(21,22)14-6-3-2-4-7-14/h2-4,6-9,12H,5,10-11,18H2,1H3. The fourth-order valence-corrected chi connectivity index (χ4v) is 3.97. The molecule has 0 saturated carbocycles. The largest absolute Gasteiger partial charge is 0.497 e. The number of hydrogen-bond donors (Lipinski definition) is 1. The number of ether oxygens (including phenoxy) is 1. The molecule has 0 aliphatic heterocycles. The predicted molar refractivity (Wildman–Crippen MR) is 91.9 cm³/mol. The molecule has 0 saturated heterocycles. The number of aryl methyl sites for hydroxylation is 1. The molecule has 0 radical (unpaired) electrons. The summed E-state index contributed by atoms with van der Waals surface area (Å²) < 4.78 is 32.9. The Morgan fingerprint density at radius 1 is 1.17 bits per heavy atom. The molecule has 0 amide bonds. The summed E-state index contributed by atoms with van der Waals surface area (Å²) in [5, 5.41) is 4.96. The molecule has 3 rings (SSSR count). The molecule has 24 heavy (non-hydrogen) atoms. The first-order valence-electron chi connectivity index (χ1n) is 7.62. The molecule has 1 heterocycles. The van der Waals surface area contributed by atoms with Gasteiger partial charge in [0.25, 0.3) is 0 Å². The van der Waals surface area contributed by atoms with Gasteiger partial charge in [0.05, 0.1) is 17.5 Å². The Morgan fingerprint density at radius 2 is 1.92 bits per heavy atom. The molecule has 0 atom stereocenters. The van der Waals surface area contributed by atoms with Gasteiger partial charge in [0, 0.05) is 11.9 Å². The summed E-state index contributed by atoms with van der Waals surface area (Å²) in [5.41, 5.74) is 6.32. The van der Waals surface area contributed by atoms with Crippen molar-refractivity contribution in [3.05, 3.63) is 48.5 Å². The van der Waals surface area contributed by atoms with Crippen LogP contribution in [0.4, 0.5) is 0 Å². The van der Waals surface area contributed by atoms with Gasteiger partial charge >= 0.3 is 0 Å². The van der Waals surface area contributed by atoms with Crippen molar-refractivity contribution in [2.24, 2.45) is 5.73 Å². The summed E-state index contributed by atoms with van der Waals surface area (Å²) in [6.45, 7) is 1.07. The van der Waals surface area contributed by atoms with E-state index in [0.29, 0.717) is 30.6 Å². The van der Waals surface area contributed by atoms with Gasteiger partial charge in [-0.05, 0) is 43.3 Å². The zero-order valence-electron chi connectivity index (χ0n) is 13.3. The van der Waals surface area contributed by atoms with Gasteiger partial charge < -0.3 is 10.5 Å². The van der Waals surface area contributed by atoms with Crippen LogP contribution in [0.15, 0.2) is 58.5 Å². The molecule has 6 nitrogen and oxygen atoms in total. The van der Waals surface area contributed by atoms with Gasteiger partial charge in [-0.3, -0.25) is 4.68 Å². The van der Waals surface area contributed by atoms with E-state index < -0.39 is 9.84 Å². The number of rotatable bonds is 6. The summed E-state index contributed by atoms with van der Waals surface area (Å²) in [5.74, 6) is 0.588. The highest BCUT2D eigenvalue weighted by molar-refractivity contribution is 7.91. The second kappa shape index (κ2) is 6.62. The number of sulfone groups is 1. The molecule has 3 aromatic rings. The third kappa shape index (κ3) is 2.88. The monoisotopic (exact) mass is 345 g/mol. The maximum absolute atomic E-state index is 13.0. The molecule has 0 bridgehead atoms. The third-order valence-corrected chi connectivity index (χ3v) is 5.51. The van der Waals surface area contributed by atoms with E-state index in [1.807, 2.05) is 6.07 Å². The zero-order chi connectivity index (χ0) is 17.2. The predicted octanol–water partition coefficient (Wildman–Crippen LogP) is 2.23. The smallest absolute Gasteiger partial charge is 0.226 e. The minimum atomic E-state index is -3.71. The van der Waals surface area contributed by atoms with Crippen molar-refractivity contribution in [2.45, 2.75) is 22.9 Å². The Hall–Kier alpha value is -2.38. The van der Waals surface area contributed by atoms with Gasteiger partial charge in [0.1, 0.15) is 5.75 Å². The lowest BCUT2D eigenvalue weighted by molar-refractivity contribution is 0.415. The van der Waals surface area contributed by atoms with Gasteiger partial charge in [0.15, 0.2) is 5.03 Å². The van der Waals surface area contributed by atoms with Crippen molar-refractivity contribution in [3.8, 4) is 5.75 Å². The second-order valence-corrected chi connectivity index (χ2v) is 7.24. The lowest BCUT2D eigenvalue weighted by Gasteiger charge is -2.03. The number of hydrogen-bond acceptors (Lipinski definition) is 5. The highest BCUT2D eigenvalue weighted by Gasteiger charge is 2.25. The van der Waals surface area contributed by atoms with Gasteiger partial charge in [-0.1, -0.05) is 18.2 Å². The van der Waals surface area contributed by atoms with Crippen LogP contribution in [0.2, 0.25) is 0 Å². The first-order chi connectivity index (χ1) is 11.6. The second-order valence-electron chi connectivity index (χ2n) is 5.37. The molecule has 0 aliphatic rings. The van der Waals surface area contributed by atoms with Crippen molar-refractivity contribution in [2.75, 3.05) is 13.7 Å². The lowest BCUT2D eigenvalue weighted by Crippen LogP contribution is -2.08. The van der Waals surface area contributed by atoms with Crippen molar-refractivity contribution >= 4 is 20.7 Å². The van der Waals surface area contributed by atoms with E-state index in [4.69, 9.17) is 10.5 Å². The first-order valence-corrected chi connectivity index (χ1v) is 9.11. The van der Waals surface area contributed by atoms with Gasteiger partial charge in [0.2, 0.25) is 9.84 Å². The van der Waals surface area contributed by atoms with E-state index in [2.05, 4.69) is 5.10 Å². The molecule has 7 heteroatoms. The Kier molecular flexibility index (Phi) is 4.55. The van der Waals surface area contributed by atoms with Crippen LogP contribution in [0.25, 0.3) is 10.9 Å². The maximum Gasteiger partial charge on any atom is 0.226 e. The van der Waals surface area contributed by atoms with Crippen LogP contribution in [0.3, 0.4) is 0 Å². The summed E-state index contributed by atoms with van der Waals surface area (Å²) >= 11 is 0. The van der Waals surface area contributed by atoms with Crippen molar-refractivity contribution in [3.63, 3.8) is 0 Å². The zero-order valence-corrected chi connectivity index (χ0v) is 14.2. The average Bonchev–Trinajstić information content (AvgIpc) is 2.99. The summed E-state index contributed by atoms with van der Waals surface area (Å²) in [6, 6.07) is 13.6. The van der Waals surface area contributed by atoms with Gasteiger partial charge in [-0.15, -0.1) is 0 Å². The Bertz CT molecular complexity index is 950. The van der Waals surface area contributed by atoms with E-state index in [-0.39, 0.29) is 9.92 Å². The van der Waals surface area contributed by atoms with E-state index in [9.17, 15) is 8.42 Å². The summed E-state index contributed by atoms with van der Waals surface area (Å²) in [4.78, 5) is 0.221.